The van der Waals surface area contributed by atoms with Gasteiger partial charge in [-0.2, -0.15) is 0 Å². The first-order valence-corrected chi connectivity index (χ1v) is 6.30. The van der Waals surface area contributed by atoms with Gasteiger partial charge < -0.3 is 0 Å². The van der Waals surface area contributed by atoms with Crippen LogP contribution in [0, 0.1) is 0 Å². The molecular weight excluding hydrogens is 502 g/mol. The molecule has 0 aliphatic carbocycles. The predicted octanol–water partition coefficient (Wildman–Crippen LogP) is 2.76. The van der Waals surface area contributed by atoms with E-state index in [1.165, 1.54) is 0 Å². The fraction of sp³-hybridized carbons (Fsp3) is 0. The smallest absolute Gasteiger partial charge is 0.281 e. The fourth-order valence-corrected chi connectivity index (χ4v) is 2.07. The summed E-state index contributed by atoms with van der Waals surface area (Å²) in [6.07, 6.45) is 1.76. The zero-order chi connectivity index (χ0) is 17.7. The van der Waals surface area contributed by atoms with E-state index in [2.05, 4.69) is 30.3 Å². The van der Waals surface area contributed by atoms with E-state index in [-0.39, 0.29) is 20.4 Å². The normalized spacial score (nSPS) is 8.04. The minimum absolute atomic E-state index is 0. The fourth-order valence-electron chi connectivity index (χ4n) is 1.86. The molecule has 0 saturated heterocycles. The summed E-state index contributed by atoms with van der Waals surface area (Å²) in [5.41, 5.74) is 1.67. The van der Waals surface area contributed by atoms with Crippen molar-refractivity contribution in [3.05, 3.63) is 59.9 Å². The molecule has 7 heteroatoms. The molecule has 0 fully saturated rings. The van der Waals surface area contributed by atoms with Gasteiger partial charge in [0, 0.05) is 32.0 Å². The number of fused-ring (bicyclic) bond motifs is 1. The van der Waals surface area contributed by atoms with Crippen LogP contribution in [-0.4, -0.2) is 30.3 Å². The van der Waals surface area contributed by atoms with Crippen LogP contribution in [0.4, 0.5) is 0 Å². The number of hydrogen-bond acceptors (Lipinski definition) is 5. The average molecular weight is 511 g/mol. The molecule has 24 heavy (non-hydrogen) atoms. The monoisotopic (exact) mass is 511 g/mol. The molecule has 1 aromatic carbocycles. The van der Waals surface area contributed by atoms with Gasteiger partial charge in [-0.05, 0) is 23.6 Å². The molecule has 0 saturated carbocycles. The van der Waals surface area contributed by atoms with E-state index in [1.54, 1.807) is 6.20 Å². The molecule has 0 bridgehead atoms. The van der Waals surface area contributed by atoms with Crippen molar-refractivity contribution in [2.45, 2.75) is 0 Å². The molecular formula is C17H9ClN2O3Re. The molecule has 3 aromatic rings. The molecule has 0 aliphatic rings. The van der Waals surface area contributed by atoms with Crippen LogP contribution in [-0.2, 0) is 34.8 Å². The van der Waals surface area contributed by atoms with Crippen molar-refractivity contribution >= 4 is 42.7 Å². The van der Waals surface area contributed by atoms with Gasteiger partial charge in [0.1, 0.15) is 5.15 Å². The van der Waals surface area contributed by atoms with E-state index in [9.17, 15) is 0 Å². The quantitative estimate of drug-likeness (QED) is 0.471. The first-order valence-electron chi connectivity index (χ1n) is 5.92. The Morgan fingerprint density at radius 3 is 2.00 bits per heavy atom. The first kappa shape index (κ1) is 24.0. The first-order chi connectivity index (χ1) is 11.3. The van der Waals surface area contributed by atoms with Gasteiger partial charge in [-0.25, -0.2) is 4.98 Å². The number of hydrogen-bond donors (Lipinski definition) is 0. The molecule has 3 rings (SSSR count). The van der Waals surface area contributed by atoms with Crippen LogP contribution in [0.25, 0.3) is 22.2 Å². The third-order valence-electron chi connectivity index (χ3n) is 2.62. The molecule has 2 aromatic heterocycles. The van der Waals surface area contributed by atoms with Crippen molar-refractivity contribution in [2.75, 3.05) is 0 Å². The summed E-state index contributed by atoms with van der Waals surface area (Å²) in [5.74, 6) is 0. The van der Waals surface area contributed by atoms with Crippen LogP contribution in [0.2, 0.25) is 5.15 Å². The van der Waals surface area contributed by atoms with Crippen LogP contribution in [0.5, 0.6) is 0 Å². The second kappa shape index (κ2) is 14.3. The van der Waals surface area contributed by atoms with E-state index < -0.39 is 0 Å². The molecule has 0 amide bonds. The Labute approximate surface area is 158 Å². The molecule has 0 spiro atoms. The minimum Gasteiger partial charge on any atom is -0.281 e. The standard InChI is InChI=1S/C14H9ClN2.3CO.Re/c15-13-9-10-5-1-2-6-11(10)14(17-13)12-7-3-4-8-16-12;3*1-2;/h1-9H;;;;. The zero-order valence-electron chi connectivity index (χ0n) is 12.1. The summed E-state index contributed by atoms with van der Waals surface area (Å²) in [6, 6.07) is 15.7. The Bertz CT molecular complexity index is 725. The van der Waals surface area contributed by atoms with Crippen molar-refractivity contribution in [2.24, 2.45) is 0 Å². The van der Waals surface area contributed by atoms with Crippen LogP contribution in [0.3, 0.4) is 0 Å². The molecule has 2 heterocycles. The van der Waals surface area contributed by atoms with E-state index in [0.29, 0.717) is 5.15 Å². The number of halogens is 1. The summed E-state index contributed by atoms with van der Waals surface area (Å²) in [4.78, 5) is 31.2. The Kier molecular flexibility index (Phi) is 14.3. The van der Waals surface area contributed by atoms with Crippen molar-refractivity contribution in [3.63, 3.8) is 0 Å². The summed E-state index contributed by atoms with van der Waals surface area (Å²) >= 11 is 6.03. The topological polar surface area (TPSA) is 77.0 Å². The predicted molar refractivity (Wildman–Crippen MR) is 87.1 cm³/mol. The molecule has 0 N–H and O–H groups in total. The summed E-state index contributed by atoms with van der Waals surface area (Å²) in [5, 5.41) is 2.63. The minimum atomic E-state index is 0. The maximum Gasteiger partial charge on any atom is 0.281 e. The Balaban J connectivity index is 0. The number of carbonyl (C=O) groups excluding carboxylic acids is 3. The van der Waals surface area contributed by atoms with E-state index in [1.807, 2.05) is 48.5 Å². The Hall–Kier alpha value is -2.26. The summed E-state index contributed by atoms with van der Waals surface area (Å²) in [7, 11) is 0. The van der Waals surface area contributed by atoms with Crippen LogP contribution in [0.1, 0.15) is 0 Å². The second-order valence-corrected chi connectivity index (χ2v) is 4.12. The molecule has 0 unspecified atom stereocenters. The van der Waals surface area contributed by atoms with Crippen molar-refractivity contribution < 1.29 is 34.8 Å². The van der Waals surface area contributed by atoms with Crippen molar-refractivity contribution in [3.8, 4) is 11.4 Å². The maximum absolute atomic E-state index is 7.50. The number of pyridine rings is 2. The Morgan fingerprint density at radius 2 is 1.42 bits per heavy atom. The van der Waals surface area contributed by atoms with Gasteiger partial charge in [0.2, 0.25) is 0 Å². The average Bonchev–Trinajstić information content (AvgIpc) is 2.66. The maximum atomic E-state index is 7.50. The molecule has 119 valence electrons. The zero-order valence-corrected chi connectivity index (χ0v) is 15.5. The van der Waals surface area contributed by atoms with E-state index >= 15 is 0 Å². The van der Waals surface area contributed by atoms with Crippen LogP contribution < -0.4 is 0 Å². The van der Waals surface area contributed by atoms with Gasteiger partial charge in [-0.3, -0.25) is 19.4 Å². The van der Waals surface area contributed by atoms with Crippen LogP contribution in [0.15, 0.2) is 54.7 Å². The van der Waals surface area contributed by atoms with E-state index in [4.69, 9.17) is 26.0 Å². The Morgan fingerprint density at radius 1 is 0.833 bits per heavy atom. The number of nitrogens with zero attached hydrogens (tertiary/aromatic N) is 2. The number of rotatable bonds is 1. The largest absolute Gasteiger partial charge is 0.281 e. The SMILES string of the molecule is Clc1cc2ccccc2c(-c2ccccn2)n1.[C]=O.[C]=O.[C]=O.[Re]. The molecule has 5 nitrogen and oxygen atoms in total. The van der Waals surface area contributed by atoms with Crippen molar-refractivity contribution in [1.29, 1.82) is 0 Å². The van der Waals surface area contributed by atoms with Gasteiger partial charge in [0.05, 0.1) is 11.4 Å². The summed E-state index contributed by atoms with van der Waals surface area (Å²) in [6.45, 7) is 13.5. The van der Waals surface area contributed by atoms with E-state index in [0.717, 1.165) is 22.2 Å². The van der Waals surface area contributed by atoms with Crippen molar-refractivity contribution in [1.82, 2.24) is 9.97 Å². The number of benzene rings is 1. The molecule has 0 aliphatic heterocycles. The second-order valence-electron chi connectivity index (χ2n) is 3.73. The van der Waals surface area contributed by atoms with Gasteiger partial charge in [-0.15, -0.1) is 0 Å². The van der Waals surface area contributed by atoms with Gasteiger partial charge >= 0.3 is 0 Å². The summed E-state index contributed by atoms with van der Waals surface area (Å²) < 4.78 is 0. The molecule has 7 radical (unpaired) electrons. The third kappa shape index (κ3) is 6.47. The van der Waals surface area contributed by atoms with Gasteiger partial charge in [0.15, 0.2) is 0 Å². The van der Waals surface area contributed by atoms with Gasteiger partial charge in [-0.1, -0.05) is 41.9 Å². The molecule has 0 atom stereocenters. The third-order valence-corrected chi connectivity index (χ3v) is 2.81. The van der Waals surface area contributed by atoms with Gasteiger partial charge in [0.25, 0.3) is 20.4 Å². The number of aromatic nitrogens is 2. The van der Waals surface area contributed by atoms with Crippen LogP contribution >= 0.6 is 11.6 Å².